The maximum atomic E-state index is 14.4. The molecule has 3 saturated carbocycles. The molecule has 0 aromatic carbocycles. The Morgan fingerprint density at radius 3 is 1.68 bits per heavy atom. The van der Waals surface area contributed by atoms with Gasteiger partial charge in [-0.25, -0.2) is 4.39 Å². The van der Waals surface area contributed by atoms with Crippen LogP contribution in [0.5, 0.6) is 0 Å². The van der Waals surface area contributed by atoms with Gasteiger partial charge in [0.1, 0.15) is 6.17 Å². The Morgan fingerprint density at radius 1 is 0.591 bits per heavy atom. The van der Waals surface area contributed by atoms with E-state index >= 15 is 0 Å². The van der Waals surface area contributed by atoms with Crippen molar-refractivity contribution in [1.82, 2.24) is 0 Å². The summed E-state index contributed by atoms with van der Waals surface area (Å²) in [5, 5.41) is 0. The number of hydrogen-bond acceptors (Lipinski definition) is 0. The second-order valence-corrected chi connectivity index (χ2v) is 9.22. The molecule has 3 aliphatic carbocycles. The lowest BCUT2D eigenvalue weighted by Crippen LogP contribution is -2.38. The molecule has 3 aliphatic rings. The van der Waals surface area contributed by atoms with Crippen LogP contribution >= 0.6 is 0 Å². The second kappa shape index (κ2) is 7.22. The molecule has 22 heavy (non-hydrogen) atoms. The first-order valence-electron chi connectivity index (χ1n) is 10.2. The van der Waals surface area contributed by atoms with E-state index in [-0.39, 0.29) is 0 Å². The van der Waals surface area contributed by atoms with Gasteiger partial charge in [-0.2, -0.15) is 0 Å². The first-order chi connectivity index (χ1) is 10.6. The molecule has 0 heterocycles. The Hall–Kier alpha value is -0.0700. The third kappa shape index (κ3) is 3.54. The fraction of sp³-hybridized carbons (Fsp3) is 1.00. The van der Waals surface area contributed by atoms with E-state index in [9.17, 15) is 4.39 Å². The number of alkyl halides is 1. The van der Waals surface area contributed by atoms with Crippen LogP contribution in [0.15, 0.2) is 0 Å². The highest BCUT2D eigenvalue weighted by molar-refractivity contribution is 4.90. The van der Waals surface area contributed by atoms with Crippen LogP contribution in [0.25, 0.3) is 0 Å². The first-order valence-corrected chi connectivity index (χ1v) is 10.2. The Labute approximate surface area is 137 Å². The van der Waals surface area contributed by atoms with E-state index < -0.39 is 6.17 Å². The molecular weight excluding hydrogens is 271 g/mol. The predicted octanol–water partition coefficient (Wildman–Crippen LogP) is 6.64. The molecule has 0 radical (unpaired) electrons. The molecule has 0 N–H and O–H groups in total. The van der Waals surface area contributed by atoms with E-state index in [1.165, 1.54) is 57.8 Å². The van der Waals surface area contributed by atoms with Crippen LogP contribution in [0.2, 0.25) is 0 Å². The van der Waals surface area contributed by atoms with Gasteiger partial charge in [0.05, 0.1) is 0 Å². The molecule has 0 amide bonds. The van der Waals surface area contributed by atoms with Gasteiger partial charge in [-0.1, -0.05) is 33.6 Å². The predicted molar refractivity (Wildman–Crippen MR) is 92.5 cm³/mol. The first kappa shape index (κ1) is 16.8. The highest BCUT2D eigenvalue weighted by Gasteiger charge is 2.40. The lowest BCUT2D eigenvalue weighted by atomic mass is 9.62. The number of hydrogen-bond donors (Lipinski definition) is 0. The molecule has 0 aliphatic heterocycles. The van der Waals surface area contributed by atoms with Crippen molar-refractivity contribution in [3.63, 3.8) is 0 Å². The molecule has 0 saturated heterocycles. The van der Waals surface area contributed by atoms with E-state index in [1.807, 2.05) is 0 Å². The van der Waals surface area contributed by atoms with Crippen LogP contribution in [-0.2, 0) is 0 Å². The van der Waals surface area contributed by atoms with Gasteiger partial charge in [0.2, 0.25) is 0 Å². The molecule has 3 rings (SSSR count). The third-order valence-electron chi connectivity index (χ3n) is 7.83. The van der Waals surface area contributed by atoms with Gasteiger partial charge in [0.25, 0.3) is 0 Å². The minimum Gasteiger partial charge on any atom is -0.247 e. The third-order valence-corrected chi connectivity index (χ3v) is 7.83. The molecule has 0 spiro atoms. The molecule has 4 atom stereocenters. The maximum Gasteiger partial charge on any atom is 0.105 e. The van der Waals surface area contributed by atoms with Crippen molar-refractivity contribution in [3.05, 3.63) is 0 Å². The summed E-state index contributed by atoms with van der Waals surface area (Å²) in [6.07, 6.45) is 13.4. The van der Waals surface area contributed by atoms with Crippen molar-refractivity contribution in [2.45, 2.75) is 91.2 Å². The molecule has 0 aromatic rings. The van der Waals surface area contributed by atoms with Crippen molar-refractivity contribution in [3.8, 4) is 0 Å². The van der Waals surface area contributed by atoms with Crippen LogP contribution < -0.4 is 0 Å². The summed E-state index contributed by atoms with van der Waals surface area (Å²) in [7, 11) is 0. The zero-order valence-electron chi connectivity index (χ0n) is 15.1. The van der Waals surface area contributed by atoms with Gasteiger partial charge in [-0.05, 0) is 92.8 Å². The van der Waals surface area contributed by atoms with Gasteiger partial charge in [-0.15, -0.1) is 0 Å². The van der Waals surface area contributed by atoms with Crippen molar-refractivity contribution in [2.75, 3.05) is 0 Å². The molecule has 0 bridgehead atoms. The summed E-state index contributed by atoms with van der Waals surface area (Å²) in [6.45, 7) is 6.73. The van der Waals surface area contributed by atoms with Crippen LogP contribution in [0.4, 0.5) is 4.39 Å². The minimum absolute atomic E-state index is 0.298. The summed E-state index contributed by atoms with van der Waals surface area (Å²) in [4.78, 5) is 0. The Balaban J connectivity index is 1.49. The van der Waals surface area contributed by atoms with Crippen LogP contribution in [0.3, 0.4) is 0 Å². The normalized spacial score (nSPS) is 50.7. The van der Waals surface area contributed by atoms with Gasteiger partial charge in [-0.3, -0.25) is 0 Å². The SMILES string of the molecule is CC1CCC(C2CCC(C3CCC(C)C(F)C3C)CC2)CC1. The monoisotopic (exact) mass is 308 g/mol. The summed E-state index contributed by atoms with van der Waals surface area (Å²) in [5.41, 5.74) is 0. The van der Waals surface area contributed by atoms with E-state index in [0.29, 0.717) is 17.8 Å². The van der Waals surface area contributed by atoms with Crippen molar-refractivity contribution < 1.29 is 4.39 Å². The molecule has 0 aromatic heterocycles. The van der Waals surface area contributed by atoms with E-state index in [1.54, 1.807) is 0 Å². The van der Waals surface area contributed by atoms with E-state index in [4.69, 9.17) is 0 Å². The van der Waals surface area contributed by atoms with Crippen molar-refractivity contribution in [2.24, 2.45) is 41.4 Å². The van der Waals surface area contributed by atoms with E-state index in [0.717, 1.165) is 30.1 Å². The Bertz CT molecular complexity index is 336. The molecule has 3 fully saturated rings. The molecule has 128 valence electrons. The van der Waals surface area contributed by atoms with Gasteiger partial charge < -0.3 is 0 Å². The zero-order valence-corrected chi connectivity index (χ0v) is 15.1. The fourth-order valence-electron chi connectivity index (χ4n) is 6.10. The second-order valence-electron chi connectivity index (χ2n) is 9.22. The van der Waals surface area contributed by atoms with Crippen LogP contribution in [0.1, 0.15) is 85.0 Å². The topological polar surface area (TPSA) is 0 Å². The fourth-order valence-corrected chi connectivity index (χ4v) is 6.10. The summed E-state index contributed by atoms with van der Waals surface area (Å²) < 4.78 is 14.4. The smallest absolute Gasteiger partial charge is 0.105 e. The summed E-state index contributed by atoms with van der Waals surface area (Å²) >= 11 is 0. The quantitative estimate of drug-likeness (QED) is 0.536. The molecular formula is C21H37F. The largest absolute Gasteiger partial charge is 0.247 e. The highest BCUT2D eigenvalue weighted by atomic mass is 19.1. The minimum atomic E-state index is -0.545. The van der Waals surface area contributed by atoms with Gasteiger partial charge in [0, 0.05) is 0 Å². The zero-order chi connectivity index (χ0) is 15.7. The highest BCUT2D eigenvalue weighted by Crippen LogP contribution is 2.47. The van der Waals surface area contributed by atoms with Crippen LogP contribution in [-0.4, -0.2) is 6.17 Å². The maximum absolute atomic E-state index is 14.4. The van der Waals surface area contributed by atoms with Crippen molar-refractivity contribution in [1.29, 1.82) is 0 Å². The molecule has 4 unspecified atom stereocenters. The summed E-state index contributed by atoms with van der Waals surface area (Å²) in [5.74, 6) is 5.11. The average Bonchev–Trinajstić information content (AvgIpc) is 2.54. The molecule has 1 heteroatoms. The van der Waals surface area contributed by atoms with Gasteiger partial charge >= 0.3 is 0 Å². The summed E-state index contributed by atoms with van der Waals surface area (Å²) in [6, 6.07) is 0. The Morgan fingerprint density at radius 2 is 1.09 bits per heavy atom. The van der Waals surface area contributed by atoms with Crippen molar-refractivity contribution >= 4 is 0 Å². The Kier molecular flexibility index (Phi) is 5.51. The molecule has 0 nitrogen and oxygen atoms in total. The van der Waals surface area contributed by atoms with Crippen LogP contribution in [0, 0.1) is 41.4 Å². The lowest BCUT2D eigenvalue weighted by molar-refractivity contribution is 0.0202. The average molecular weight is 309 g/mol. The van der Waals surface area contributed by atoms with Gasteiger partial charge in [0.15, 0.2) is 0 Å². The number of rotatable bonds is 2. The lowest BCUT2D eigenvalue weighted by Gasteiger charge is -2.44. The standard InChI is InChI=1S/C21H37F/c1-14-4-7-17(8-5-14)18-9-11-19(12-10-18)20-13-6-15(2)21(22)16(20)3/h14-21H,4-13H2,1-3H3. The van der Waals surface area contributed by atoms with E-state index in [2.05, 4.69) is 20.8 Å². The number of halogens is 1.